The van der Waals surface area contributed by atoms with Gasteiger partial charge in [-0.2, -0.15) is 0 Å². The summed E-state index contributed by atoms with van der Waals surface area (Å²) in [7, 11) is 1.64. The first kappa shape index (κ1) is 34.2. The molecule has 0 aromatic heterocycles. The lowest BCUT2D eigenvalue weighted by Gasteiger charge is -2.09. The Hall–Kier alpha value is -0.770. The number of carbonyl (C=O) groups excluding carboxylic acids is 1. The van der Waals surface area contributed by atoms with E-state index in [-0.39, 0.29) is 6.61 Å². The minimum atomic E-state index is 0.102. The number of methoxy groups -OCH3 is 1. The van der Waals surface area contributed by atoms with Gasteiger partial charge in [0.25, 0.3) is 0 Å². The molecule has 0 aromatic rings. The number of carbonyl (C=O) groups is 1. The summed E-state index contributed by atoms with van der Waals surface area (Å²) >= 11 is 0. The van der Waals surface area contributed by atoms with Crippen LogP contribution in [0.1, 0.15) is 0 Å². The molecule has 0 N–H and O–H groups in total. The average Bonchev–Trinajstić information content (AvgIpc) is 2.87. The zero-order valence-corrected chi connectivity index (χ0v) is 21.3. The predicted molar refractivity (Wildman–Crippen MR) is 126 cm³/mol. The third-order valence-corrected chi connectivity index (χ3v) is 3.97. The van der Waals surface area contributed by atoms with E-state index >= 15 is 0 Å². The molecule has 0 aliphatic carbocycles. The highest BCUT2D eigenvalue weighted by molar-refractivity contribution is 5.50. The van der Waals surface area contributed by atoms with E-state index in [1.807, 2.05) is 0 Å². The van der Waals surface area contributed by atoms with Crippen LogP contribution in [0.15, 0.2) is 0 Å². The Morgan fingerprint density at radius 2 is 0.543 bits per heavy atom. The number of hydrogen-bond donors (Lipinski definition) is 0. The Kier molecular flexibility index (Phi) is 32.5. The van der Waals surface area contributed by atoms with Crippen molar-refractivity contribution in [2.45, 2.75) is 0 Å². The van der Waals surface area contributed by atoms with Gasteiger partial charge in [0.05, 0.1) is 132 Å². The quantitative estimate of drug-likeness (QED) is 0.0888. The van der Waals surface area contributed by atoms with Crippen LogP contribution in [0.4, 0.5) is 0 Å². The molecule has 0 radical (unpaired) electrons. The fourth-order valence-electron chi connectivity index (χ4n) is 2.25. The molecule has 210 valence electrons. The van der Waals surface area contributed by atoms with Crippen LogP contribution in [-0.4, -0.2) is 152 Å². The summed E-state index contributed by atoms with van der Waals surface area (Å²) in [6, 6.07) is 0. The van der Waals surface area contributed by atoms with E-state index < -0.39 is 0 Å². The summed E-state index contributed by atoms with van der Waals surface area (Å²) in [6.07, 6.45) is 0.711. The van der Waals surface area contributed by atoms with Crippen molar-refractivity contribution in [2.75, 3.05) is 146 Å². The summed E-state index contributed by atoms with van der Waals surface area (Å²) in [5.74, 6) is 0. The van der Waals surface area contributed by atoms with Crippen molar-refractivity contribution >= 4 is 6.29 Å². The molecule has 0 aliphatic heterocycles. The van der Waals surface area contributed by atoms with Gasteiger partial charge in [-0.25, -0.2) is 0 Å². The second kappa shape index (κ2) is 33.2. The van der Waals surface area contributed by atoms with E-state index in [1.54, 1.807) is 7.11 Å². The molecule has 0 bridgehead atoms. The molecule has 0 saturated carbocycles. The van der Waals surface area contributed by atoms with Gasteiger partial charge in [-0.3, -0.25) is 0 Å². The maximum atomic E-state index is 10.0. The van der Waals surface area contributed by atoms with Gasteiger partial charge in [0.15, 0.2) is 0 Å². The van der Waals surface area contributed by atoms with E-state index in [0.717, 1.165) is 0 Å². The molecule has 0 spiro atoms. The fourth-order valence-corrected chi connectivity index (χ4v) is 2.25. The highest BCUT2D eigenvalue weighted by atomic mass is 16.6. The Balaban J connectivity index is 3.00. The monoisotopic (exact) mass is 514 g/mol. The lowest BCUT2D eigenvalue weighted by molar-refractivity contribution is -0.112. The predicted octanol–water partition coefficient (Wildman–Crippen LogP) is -0.00230. The second-order valence-corrected chi connectivity index (χ2v) is 6.75. The van der Waals surface area contributed by atoms with Crippen LogP contribution < -0.4 is 0 Å². The van der Waals surface area contributed by atoms with Crippen LogP contribution >= 0.6 is 0 Å². The van der Waals surface area contributed by atoms with Gasteiger partial charge in [-0.15, -0.1) is 0 Å². The van der Waals surface area contributed by atoms with Gasteiger partial charge in [0.2, 0.25) is 0 Å². The van der Waals surface area contributed by atoms with E-state index in [2.05, 4.69) is 0 Å². The minimum absolute atomic E-state index is 0.102. The molecule has 0 aromatic carbocycles. The third kappa shape index (κ3) is 33.2. The number of rotatable bonds is 32. The number of hydrogen-bond acceptors (Lipinski definition) is 12. The van der Waals surface area contributed by atoms with Crippen molar-refractivity contribution in [1.29, 1.82) is 0 Å². The van der Waals surface area contributed by atoms with E-state index in [1.165, 1.54) is 0 Å². The summed E-state index contributed by atoms with van der Waals surface area (Å²) in [4.78, 5) is 10.0. The molecule has 0 unspecified atom stereocenters. The van der Waals surface area contributed by atoms with Gasteiger partial charge in [-0.05, 0) is 0 Å². The Morgan fingerprint density at radius 3 is 0.743 bits per heavy atom. The van der Waals surface area contributed by atoms with Crippen molar-refractivity contribution < 1.29 is 56.9 Å². The number of ether oxygens (including phenoxy) is 11. The molecule has 0 atom stereocenters. The van der Waals surface area contributed by atoms with E-state index in [9.17, 15) is 4.79 Å². The van der Waals surface area contributed by atoms with Gasteiger partial charge in [-0.1, -0.05) is 0 Å². The van der Waals surface area contributed by atoms with E-state index in [0.29, 0.717) is 138 Å². The summed E-state index contributed by atoms with van der Waals surface area (Å²) in [5.41, 5.74) is 0. The molecule has 12 nitrogen and oxygen atoms in total. The first-order chi connectivity index (χ1) is 17.4. The molecule has 35 heavy (non-hydrogen) atoms. The second-order valence-electron chi connectivity index (χ2n) is 6.75. The van der Waals surface area contributed by atoms with Crippen LogP contribution in [-0.2, 0) is 56.9 Å². The molecule has 0 aliphatic rings. The molecule has 0 amide bonds. The first-order valence-corrected chi connectivity index (χ1v) is 12.1. The average molecular weight is 515 g/mol. The summed E-state index contributed by atoms with van der Waals surface area (Å²) in [6.45, 7) is 10.4. The SMILES string of the molecule is COCCOCCOCCOCCOCCOCCOCCOCCOCCOCCOCC=O. The maximum Gasteiger partial charge on any atom is 0.145 e. The van der Waals surface area contributed by atoms with Crippen LogP contribution in [0.5, 0.6) is 0 Å². The van der Waals surface area contributed by atoms with E-state index in [4.69, 9.17) is 52.1 Å². The molecule has 0 saturated heterocycles. The standard InChI is InChI=1S/C23H46O12/c1-25-4-5-27-8-9-29-12-13-31-16-17-33-20-21-35-23-22-34-19-18-32-15-14-30-11-10-28-7-6-26-3-2-24/h2H,3-23H2,1H3. The summed E-state index contributed by atoms with van der Waals surface area (Å²) < 4.78 is 58.2. The Morgan fingerprint density at radius 1 is 0.343 bits per heavy atom. The van der Waals surface area contributed by atoms with Gasteiger partial charge in [0.1, 0.15) is 12.9 Å². The number of aldehydes is 1. The van der Waals surface area contributed by atoms with Gasteiger partial charge in [0, 0.05) is 7.11 Å². The Labute approximate surface area is 209 Å². The molecule has 0 heterocycles. The topological polar surface area (TPSA) is 119 Å². The molecule has 12 heteroatoms. The van der Waals surface area contributed by atoms with Gasteiger partial charge < -0.3 is 56.9 Å². The smallest absolute Gasteiger partial charge is 0.145 e. The van der Waals surface area contributed by atoms with Crippen LogP contribution in [0.3, 0.4) is 0 Å². The lowest BCUT2D eigenvalue weighted by atomic mass is 10.6. The molecule has 0 fully saturated rings. The van der Waals surface area contributed by atoms with Crippen LogP contribution in [0.25, 0.3) is 0 Å². The molecular weight excluding hydrogens is 468 g/mol. The summed E-state index contributed by atoms with van der Waals surface area (Å²) in [5, 5.41) is 0. The minimum Gasteiger partial charge on any atom is -0.382 e. The normalized spacial score (nSPS) is 11.3. The molecule has 0 rings (SSSR count). The van der Waals surface area contributed by atoms with Crippen molar-refractivity contribution in [3.05, 3.63) is 0 Å². The lowest BCUT2D eigenvalue weighted by Crippen LogP contribution is -2.15. The zero-order chi connectivity index (χ0) is 25.3. The zero-order valence-electron chi connectivity index (χ0n) is 21.3. The van der Waals surface area contributed by atoms with Crippen LogP contribution in [0.2, 0.25) is 0 Å². The fraction of sp³-hybridized carbons (Fsp3) is 0.957. The van der Waals surface area contributed by atoms with Crippen molar-refractivity contribution in [3.63, 3.8) is 0 Å². The van der Waals surface area contributed by atoms with Crippen molar-refractivity contribution in [1.82, 2.24) is 0 Å². The van der Waals surface area contributed by atoms with Crippen molar-refractivity contribution in [2.24, 2.45) is 0 Å². The van der Waals surface area contributed by atoms with Crippen LogP contribution in [0, 0.1) is 0 Å². The highest BCUT2D eigenvalue weighted by Crippen LogP contribution is 1.86. The Bertz CT molecular complexity index is 390. The van der Waals surface area contributed by atoms with Gasteiger partial charge >= 0.3 is 0 Å². The first-order valence-electron chi connectivity index (χ1n) is 12.1. The maximum absolute atomic E-state index is 10.0. The highest BCUT2D eigenvalue weighted by Gasteiger charge is 1.95. The van der Waals surface area contributed by atoms with Crippen molar-refractivity contribution in [3.8, 4) is 0 Å². The third-order valence-electron chi connectivity index (χ3n) is 3.97. The largest absolute Gasteiger partial charge is 0.382 e. The molecular formula is C23H46O12.